The summed E-state index contributed by atoms with van der Waals surface area (Å²) in [5, 5.41) is 2.18. The van der Waals surface area contributed by atoms with Crippen LogP contribution in [0, 0.1) is 0 Å². The number of benzene rings is 1. The van der Waals surface area contributed by atoms with Gasteiger partial charge in [0, 0.05) is 24.0 Å². The number of fused-ring (bicyclic) bond motifs is 1. The summed E-state index contributed by atoms with van der Waals surface area (Å²) >= 11 is 0. The van der Waals surface area contributed by atoms with E-state index in [4.69, 9.17) is 4.74 Å². The van der Waals surface area contributed by atoms with Gasteiger partial charge in [-0.2, -0.15) is 0 Å². The van der Waals surface area contributed by atoms with E-state index in [0.29, 0.717) is 0 Å². The molecular weight excluding hydrogens is 214 g/mol. The zero-order valence-electron chi connectivity index (χ0n) is 9.37. The van der Waals surface area contributed by atoms with Gasteiger partial charge in [0.2, 0.25) is 0 Å². The molecular formula is C13H11N3O. The Morgan fingerprint density at radius 1 is 1.18 bits per heavy atom. The average Bonchev–Trinajstić information content (AvgIpc) is 2.91. The molecule has 0 aliphatic carbocycles. The topological polar surface area (TPSA) is 39.9 Å². The van der Waals surface area contributed by atoms with E-state index in [2.05, 4.69) is 9.97 Å². The molecule has 0 bridgehead atoms. The van der Waals surface area contributed by atoms with Gasteiger partial charge in [0.25, 0.3) is 0 Å². The van der Waals surface area contributed by atoms with E-state index in [-0.39, 0.29) is 0 Å². The van der Waals surface area contributed by atoms with E-state index in [1.54, 1.807) is 25.8 Å². The van der Waals surface area contributed by atoms with Gasteiger partial charge in [-0.15, -0.1) is 0 Å². The lowest BCUT2D eigenvalue weighted by Gasteiger charge is -2.07. The first-order valence-corrected chi connectivity index (χ1v) is 5.29. The second-order valence-corrected chi connectivity index (χ2v) is 3.69. The van der Waals surface area contributed by atoms with Crippen molar-refractivity contribution in [1.29, 1.82) is 0 Å². The highest BCUT2D eigenvalue weighted by atomic mass is 16.5. The largest absolute Gasteiger partial charge is 0.497 e. The summed E-state index contributed by atoms with van der Waals surface area (Å²) in [6.07, 6.45) is 7.15. The molecule has 0 spiro atoms. The number of pyridine rings is 1. The van der Waals surface area contributed by atoms with Crippen LogP contribution in [0.2, 0.25) is 0 Å². The number of rotatable bonds is 2. The first-order valence-electron chi connectivity index (χ1n) is 5.29. The minimum atomic E-state index is 0.826. The first-order chi connectivity index (χ1) is 8.38. The zero-order valence-corrected chi connectivity index (χ0v) is 9.37. The summed E-state index contributed by atoms with van der Waals surface area (Å²) in [4.78, 5) is 8.43. The number of aromatic nitrogens is 3. The van der Waals surface area contributed by atoms with E-state index >= 15 is 0 Å². The smallest absolute Gasteiger partial charge is 0.145 e. The van der Waals surface area contributed by atoms with Crippen LogP contribution in [0.5, 0.6) is 5.75 Å². The minimum Gasteiger partial charge on any atom is -0.497 e. The molecule has 4 nitrogen and oxygen atoms in total. The lowest BCUT2D eigenvalue weighted by molar-refractivity contribution is 0.415. The quantitative estimate of drug-likeness (QED) is 0.672. The Morgan fingerprint density at radius 3 is 2.88 bits per heavy atom. The molecule has 0 N–H and O–H groups in total. The maximum absolute atomic E-state index is 5.24. The molecule has 1 aromatic carbocycles. The molecule has 3 aromatic rings. The lowest BCUT2D eigenvalue weighted by atomic mass is 10.1. The van der Waals surface area contributed by atoms with Gasteiger partial charge in [-0.3, -0.25) is 4.57 Å². The Hall–Kier alpha value is -2.36. The van der Waals surface area contributed by atoms with E-state index in [0.717, 1.165) is 22.3 Å². The van der Waals surface area contributed by atoms with E-state index in [1.165, 1.54) is 0 Å². The predicted octanol–water partition coefficient (Wildman–Crippen LogP) is 2.43. The molecule has 0 aliphatic rings. The van der Waals surface area contributed by atoms with Crippen LogP contribution in [0.15, 0.2) is 49.2 Å². The maximum atomic E-state index is 5.24. The van der Waals surface area contributed by atoms with Gasteiger partial charge < -0.3 is 4.74 Å². The van der Waals surface area contributed by atoms with Crippen molar-refractivity contribution >= 4 is 10.8 Å². The van der Waals surface area contributed by atoms with Crippen LogP contribution in [0.25, 0.3) is 16.6 Å². The number of hydrogen-bond acceptors (Lipinski definition) is 3. The molecule has 4 heteroatoms. The Kier molecular flexibility index (Phi) is 2.26. The molecule has 0 aliphatic heterocycles. The maximum Gasteiger partial charge on any atom is 0.145 e. The monoisotopic (exact) mass is 225 g/mol. The molecule has 2 aromatic heterocycles. The molecule has 0 fully saturated rings. The molecule has 0 amide bonds. The van der Waals surface area contributed by atoms with Crippen LogP contribution in [0.1, 0.15) is 0 Å². The van der Waals surface area contributed by atoms with Crippen LogP contribution in [-0.2, 0) is 0 Å². The van der Waals surface area contributed by atoms with E-state index in [1.807, 2.05) is 35.0 Å². The standard InChI is InChI=1S/C13H11N3O/c1-17-11-3-2-10-4-5-15-13(12(10)8-11)16-7-6-14-9-16/h2-9H,1H3. The zero-order chi connectivity index (χ0) is 11.7. The van der Waals surface area contributed by atoms with Crippen LogP contribution < -0.4 is 4.74 Å². The van der Waals surface area contributed by atoms with Crippen LogP contribution in [0.3, 0.4) is 0 Å². The third kappa shape index (κ3) is 1.63. The van der Waals surface area contributed by atoms with Crippen molar-refractivity contribution < 1.29 is 4.74 Å². The van der Waals surface area contributed by atoms with Crippen molar-refractivity contribution in [2.24, 2.45) is 0 Å². The first kappa shape index (κ1) is 9.84. The summed E-state index contributed by atoms with van der Waals surface area (Å²) in [5.41, 5.74) is 0. The van der Waals surface area contributed by atoms with Gasteiger partial charge in [-0.05, 0) is 23.6 Å². The molecule has 0 saturated carbocycles. The van der Waals surface area contributed by atoms with Gasteiger partial charge in [0.1, 0.15) is 17.9 Å². The highest BCUT2D eigenvalue weighted by Crippen LogP contribution is 2.24. The summed E-state index contributed by atoms with van der Waals surface area (Å²) in [5.74, 6) is 1.69. The molecule has 17 heavy (non-hydrogen) atoms. The van der Waals surface area contributed by atoms with Crippen molar-refractivity contribution in [2.75, 3.05) is 7.11 Å². The van der Waals surface area contributed by atoms with Gasteiger partial charge >= 0.3 is 0 Å². The van der Waals surface area contributed by atoms with Crippen molar-refractivity contribution in [3.05, 3.63) is 49.2 Å². The Balaban J connectivity index is 2.30. The van der Waals surface area contributed by atoms with E-state index in [9.17, 15) is 0 Å². The SMILES string of the molecule is COc1ccc2ccnc(-n3ccnc3)c2c1. The van der Waals surface area contributed by atoms with E-state index < -0.39 is 0 Å². The normalized spacial score (nSPS) is 10.6. The minimum absolute atomic E-state index is 0.826. The molecule has 2 heterocycles. The van der Waals surface area contributed by atoms with Crippen molar-refractivity contribution in [3.63, 3.8) is 0 Å². The third-order valence-electron chi connectivity index (χ3n) is 2.70. The molecule has 84 valence electrons. The van der Waals surface area contributed by atoms with Crippen LogP contribution >= 0.6 is 0 Å². The fourth-order valence-corrected chi connectivity index (χ4v) is 1.85. The second kappa shape index (κ2) is 3.90. The number of imidazole rings is 1. The van der Waals surface area contributed by atoms with Crippen LogP contribution in [0.4, 0.5) is 0 Å². The number of ether oxygens (including phenoxy) is 1. The fraction of sp³-hybridized carbons (Fsp3) is 0.0769. The Labute approximate surface area is 98.5 Å². The summed E-state index contributed by atoms with van der Waals surface area (Å²) in [7, 11) is 1.66. The van der Waals surface area contributed by atoms with Crippen molar-refractivity contribution in [1.82, 2.24) is 14.5 Å². The summed E-state index contributed by atoms with van der Waals surface area (Å²) in [6.45, 7) is 0. The van der Waals surface area contributed by atoms with Gasteiger partial charge in [0.15, 0.2) is 0 Å². The number of methoxy groups -OCH3 is 1. The molecule has 0 saturated heterocycles. The molecule has 0 unspecified atom stereocenters. The lowest BCUT2D eigenvalue weighted by Crippen LogP contribution is -1.95. The molecule has 0 radical (unpaired) electrons. The summed E-state index contributed by atoms with van der Waals surface area (Å²) in [6, 6.07) is 7.93. The van der Waals surface area contributed by atoms with Gasteiger partial charge in [-0.25, -0.2) is 9.97 Å². The molecule has 3 rings (SSSR count). The predicted molar refractivity (Wildman–Crippen MR) is 65.4 cm³/mol. The number of hydrogen-bond donors (Lipinski definition) is 0. The Morgan fingerprint density at radius 2 is 2.12 bits per heavy atom. The number of nitrogens with zero attached hydrogens (tertiary/aromatic N) is 3. The average molecular weight is 225 g/mol. The van der Waals surface area contributed by atoms with Crippen molar-refractivity contribution in [2.45, 2.75) is 0 Å². The second-order valence-electron chi connectivity index (χ2n) is 3.69. The molecule has 0 atom stereocenters. The fourth-order valence-electron chi connectivity index (χ4n) is 1.85. The van der Waals surface area contributed by atoms with Gasteiger partial charge in [0.05, 0.1) is 7.11 Å². The summed E-state index contributed by atoms with van der Waals surface area (Å²) < 4.78 is 7.13. The van der Waals surface area contributed by atoms with Crippen LogP contribution in [-0.4, -0.2) is 21.6 Å². The highest BCUT2D eigenvalue weighted by Gasteiger charge is 2.05. The highest BCUT2D eigenvalue weighted by molar-refractivity contribution is 5.89. The van der Waals surface area contributed by atoms with Crippen molar-refractivity contribution in [3.8, 4) is 11.6 Å². The van der Waals surface area contributed by atoms with Gasteiger partial charge in [-0.1, -0.05) is 6.07 Å². The third-order valence-corrected chi connectivity index (χ3v) is 2.70. The Bertz CT molecular complexity index is 647.